The summed E-state index contributed by atoms with van der Waals surface area (Å²) < 4.78 is 2.24. The summed E-state index contributed by atoms with van der Waals surface area (Å²) in [5, 5.41) is 5.05. The van der Waals surface area contributed by atoms with E-state index < -0.39 is 0 Å². The molecule has 132 valence electrons. The van der Waals surface area contributed by atoms with Crippen molar-refractivity contribution in [1.82, 2.24) is 9.38 Å². The molecule has 2 nitrogen and oxygen atoms in total. The summed E-state index contributed by atoms with van der Waals surface area (Å²) in [6.45, 7) is 6.87. The van der Waals surface area contributed by atoms with Crippen LogP contribution in [0.2, 0.25) is 0 Å². The summed E-state index contributed by atoms with van der Waals surface area (Å²) in [6, 6.07) is 24.1. The van der Waals surface area contributed by atoms with E-state index in [2.05, 4.69) is 96.9 Å². The third-order valence-electron chi connectivity index (χ3n) is 5.40. The van der Waals surface area contributed by atoms with Crippen LogP contribution in [-0.4, -0.2) is 9.38 Å². The first-order chi connectivity index (χ1) is 13.0. The number of hydrogen-bond donors (Lipinski definition) is 0. The van der Waals surface area contributed by atoms with Gasteiger partial charge in [0, 0.05) is 10.9 Å². The largest absolute Gasteiger partial charge is 0.298 e. The number of fused-ring (bicyclic) bond motifs is 3. The number of aromatic nitrogens is 2. The SMILES string of the molecule is CC(C)(C)c1ccc2ccccc2c1-c1c2ccccc2cc2cncn12. The number of imidazole rings is 1. The van der Waals surface area contributed by atoms with Gasteiger partial charge in [-0.2, -0.15) is 0 Å². The van der Waals surface area contributed by atoms with Crippen LogP contribution in [0.15, 0.2) is 79.3 Å². The van der Waals surface area contributed by atoms with Crippen LogP contribution < -0.4 is 0 Å². The predicted octanol–water partition coefficient (Wildman–Crippen LogP) is 6.61. The number of nitrogens with zero attached hydrogens (tertiary/aromatic N) is 2. The molecule has 0 aliphatic rings. The third kappa shape index (κ3) is 2.44. The quantitative estimate of drug-likeness (QED) is 0.333. The van der Waals surface area contributed by atoms with Gasteiger partial charge in [0.15, 0.2) is 0 Å². The van der Waals surface area contributed by atoms with Crippen LogP contribution in [0.5, 0.6) is 0 Å². The fraction of sp³-hybridized carbons (Fsp3) is 0.160. The van der Waals surface area contributed by atoms with E-state index in [1.807, 2.05) is 12.5 Å². The fourth-order valence-corrected chi connectivity index (χ4v) is 4.13. The van der Waals surface area contributed by atoms with E-state index in [1.54, 1.807) is 0 Å². The Kier molecular flexibility index (Phi) is 3.38. The van der Waals surface area contributed by atoms with E-state index in [4.69, 9.17) is 0 Å². The molecule has 2 heterocycles. The lowest BCUT2D eigenvalue weighted by Gasteiger charge is -2.26. The molecule has 0 radical (unpaired) electrons. The fourth-order valence-electron chi connectivity index (χ4n) is 4.13. The molecule has 0 spiro atoms. The average molecular weight is 350 g/mol. The number of rotatable bonds is 1. The molecule has 0 N–H and O–H groups in total. The van der Waals surface area contributed by atoms with E-state index in [0.717, 1.165) is 5.52 Å². The van der Waals surface area contributed by atoms with E-state index in [9.17, 15) is 0 Å². The topological polar surface area (TPSA) is 17.3 Å². The molecule has 0 unspecified atom stereocenters. The summed E-state index contributed by atoms with van der Waals surface area (Å²) in [5.74, 6) is 0. The molecule has 0 aliphatic heterocycles. The molecule has 5 aromatic rings. The number of benzene rings is 3. The molecular weight excluding hydrogens is 328 g/mol. The summed E-state index contributed by atoms with van der Waals surface area (Å²) in [5.41, 5.74) is 5.04. The van der Waals surface area contributed by atoms with E-state index >= 15 is 0 Å². The molecule has 27 heavy (non-hydrogen) atoms. The van der Waals surface area contributed by atoms with E-state index in [0.29, 0.717) is 0 Å². The first kappa shape index (κ1) is 16.1. The Hall–Kier alpha value is -3.13. The maximum Gasteiger partial charge on any atom is 0.0997 e. The second-order valence-corrected chi connectivity index (χ2v) is 8.23. The summed E-state index contributed by atoms with van der Waals surface area (Å²) in [4.78, 5) is 4.45. The summed E-state index contributed by atoms with van der Waals surface area (Å²) >= 11 is 0. The Balaban J connectivity index is 2.06. The van der Waals surface area contributed by atoms with Gasteiger partial charge in [-0.05, 0) is 33.2 Å². The maximum absolute atomic E-state index is 4.45. The van der Waals surface area contributed by atoms with Gasteiger partial charge in [-0.15, -0.1) is 0 Å². The van der Waals surface area contributed by atoms with Gasteiger partial charge in [0.2, 0.25) is 0 Å². The van der Waals surface area contributed by atoms with Crippen molar-refractivity contribution < 1.29 is 0 Å². The van der Waals surface area contributed by atoms with Crippen molar-refractivity contribution in [3.8, 4) is 11.3 Å². The Morgan fingerprint density at radius 1 is 0.778 bits per heavy atom. The Morgan fingerprint density at radius 3 is 2.26 bits per heavy atom. The van der Waals surface area contributed by atoms with Crippen molar-refractivity contribution >= 4 is 27.1 Å². The minimum absolute atomic E-state index is 0.0310. The molecule has 0 saturated heterocycles. The zero-order valence-electron chi connectivity index (χ0n) is 15.9. The highest BCUT2D eigenvalue weighted by molar-refractivity contribution is 6.06. The van der Waals surface area contributed by atoms with Gasteiger partial charge in [0.05, 0.1) is 23.7 Å². The molecule has 3 aromatic carbocycles. The van der Waals surface area contributed by atoms with Crippen molar-refractivity contribution in [2.45, 2.75) is 26.2 Å². The predicted molar refractivity (Wildman–Crippen MR) is 114 cm³/mol. The molecule has 0 bridgehead atoms. The van der Waals surface area contributed by atoms with Crippen molar-refractivity contribution in [3.63, 3.8) is 0 Å². The standard InChI is InChI=1S/C25H22N2/c1-25(2,3)22-13-12-17-8-4-6-10-20(17)23(22)24-21-11-7-5-9-18(21)14-19-15-26-16-27(19)24/h4-16H,1-3H3. The van der Waals surface area contributed by atoms with Crippen LogP contribution in [-0.2, 0) is 5.41 Å². The molecule has 5 rings (SSSR count). The highest BCUT2D eigenvalue weighted by atomic mass is 15.0. The lowest BCUT2D eigenvalue weighted by atomic mass is 9.80. The minimum Gasteiger partial charge on any atom is -0.298 e. The molecule has 0 amide bonds. The zero-order chi connectivity index (χ0) is 18.6. The van der Waals surface area contributed by atoms with E-state index in [1.165, 1.54) is 38.4 Å². The molecular formula is C25H22N2. The van der Waals surface area contributed by atoms with Gasteiger partial charge in [-0.1, -0.05) is 81.4 Å². The van der Waals surface area contributed by atoms with Gasteiger partial charge in [0.25, 0.3) is 0 Å². The Labute approximate surface area is 159 Å². The van der Waals surface area contributed by atoms with Crippen LogP contribution in [0.4, 0.5) is 0 Å². The number of hydrogen-bond acceptors (Lipinski definition) is 1. The second kappa shape index (κ2) is 5.68. The molecule has 2 aromatic heterocycles. The normalized spacial score (nSPS) is 12.3. The molecule has 0 saturated carbocycles. The zero-order valence-corrected chi connectivity index (χ0v) is 15.9. The maximum atomic E-state index is 4.45. The van der Waals surface area contributed by atoms with Crippen molar-refractivity contribution in [2.24, 2.45) is 0 Å². The van der Waals surface area contributed by atoms with Crippen LogP contribution in [0.25, 0.3) is 38.3 Å². The number of pyridine rings is 1. The molecule has 2 heteroatoms. The Morgan fingerprint density at radius 2 is 1.48 bits per heavy atom. The van der Waals surface area contributed by atoms with Crippen molar-refractivity contribution in [1.29, 1.82) is 0 Å². The lowest BCUT2D eigenvalue weighted by Crippen LogP contribution is -2.14. The average Bonchev–Trinajstić information content (AvgIpc) is 3.12. The van der Waals surface area contributed by atoms with Crippen LogP contribution in [0.3, 0.4) is 0 Å². The van der Waals surface area contributed by atoms with Crippen molar-refractivity contribution in [3.05, 3.63) is 84.8 Å². The van der Waals surface area contributed by atoms with Crippen molar-refractivity contribution in [2.75, 3.05) is 0 Å². The van der Waals surface area contributed by atoms with Gasteiger partial charge in [-0.3, -0.25) is 4.40 Å². The summed E-state index contributed by atoms with van der Waals surface area (Å²) in [7, 11) is 0. The highest BCUT2D eigenvalue weighted by Crippen LogP contribution is 2.41. The third-order valence-corrected chi connectivity index (χ3v) is 5.40. The highest BCUT2D eigenvalue weighted by Gasteiger charge is 2.23. The van der Waals surface area contributed by atoms with Gasteiger partial charge < -0.3 is 0 Å². The monoisotopic (exact) mass is 350 g/mol. The van der Waals surface area contributed by atoms with E-state index in [-0.39, 0.29) is 5.41 Å². The summed E-state index contributed by atoms with van der Waals surface area (Å²) in [6.07, 6.45) is 3.88. The second-order valence-electron chi connectivity index (χ2n) is 8.23. The van der Waals surface area contributed by atoms with Crippen LogP contribution in [0.1, 0.15) is 26.3 Å². The molecule has 0 fully saturated rings. The smallest absolute Gasteiger partial charge is 0.0997 e. The van der Waals surface area contributed by atoms with Crippen LogP contribution in [0, 0.1) is 0 Å². The lowest BCUT2D eigenvalue weighted by molar-refractivity contribution is 0.592. The Bertz CT molecular complexity index is 1300. The van der Waals surface area contributed by atoms with Crippen LogP contribution >= 0.6 is 0 Å². The minimum atomic E-state index is 0.0310. The van der Waals surface area contributed by atoms with Gasteiger partial charge >= 0.3 is 0 Å². The van der Waals surface area contributed by atoms with Gasteiger partial charge in [-0.25, -0.2) is 4.98 Å². The van der Waals surface area contributed by atoms with Gasteiger partial charge in [0.1, 0.15) is 0 Å². The molecule has 0 aliphatic carbocycles. The molecule has 0 atom stereocenters. The first-order valence-corrected chi connectivity index (χ1v) is 9.40. The first-order valence-electron chi connectivity index (χ1n) is 9.40.